The highest BCUT2D eigenvalue weighted by Gasteiger charge is 2.18. The average molecular weight is 367 g/mol. The van der Waals surface area contributed by atoms with E-state index in [4.69, 9.17) is 4.74 Å². The molecule has 0 aromatic heterocycles. The summed E-state index contributed by atoms with van der Waals surface area (Å²) in [5.41, 5.74) is 0.392. The predicted molar refractivity (Wildman–Crippen MR) is 74.7 cm³/mol. The Morgan fingerprint density at radius 3 is 2.67 bits per heavy atom. The zero-order chi connectivity index (χ0) is 13.0. The second-order valence-electron chi connectivity index (χ2n) is 4.64. The molecule has 1 aliphatic carbocycles. The van der Waals surface area contributed by atoms with Crippen LogP contribution in [0.1, 0.15) is 31.2 Å². The van der Waals surface area contributed by atoms with Crippen molar-refractivity contribution in [2.24, 2.45) is 5.92 Å². The third-order valence-corrected chi connectivity index (χ3v) is 3.69. The lowest BCUT2D eigenvalue weighted by Crippen LogP contribution is -2.12. The molecule has 1 saturated carbocycles. The molecule has 0 saturated heterocycles. The Morgan fingerprint density at radius 1 is 1.28 bits per heavy atom. The van der Waals surface area contributed by atoms with E-state index in [1.165, 1.54) is 18.9 Å². The second kappa shape index (κ2) is 6.65. The topological polar surface area (TPSA) is 21.3 Å². The highest BCUT2D eigenvalue weighted by Crippen LogP contribution is 2.28. The maximum Gasteiger partial charge on any atom is 0.134 e. The zero-order valence-corrected chi connectivity index (χ0v) is 12.2. The van der Waals surface area contributed by atoms with Crippen molar-refractivity contribution < 1.29 is 13.5 Å². The molecule has 0 atom stereocenters. The fourth-order valence-electron chi connectivity index (χ4n) is 2.33. The van der Waals surface area contributed by atoms with Crippen molar-refractivity contribution in [1.82, 2.24) is 3.53 Å². The number of rotatable bonds is 5. The number of hydrogen-bond acceptors (Lipinski definition) is 2. The van der Waals surface area contributed by atoms with Crippen LogP contribution >= 0.6 is 22.9 Å². The van der Waals surface area contributed by atoms with Gasteiger partial charge in [0.2, 0.25) is 0 Å². The lowest BCUT2D eigenvalue weighted by atomic mass is 10.1. The molecule has 2 rings (SSSR count). The number of nitrogens with one attached hydrogen (secondary N) is 1. The van der Waals surface area contributed by atoms with Gasteiger partial charge in [0.25, 0.3) is 0 Å². The van der Waals surface area contributed by atoms with E-state index in [2.05, 4.69) is 3.53 Å². The normalized spacial score (nSPS) is 16.2. The lowest BCUT2D eigenvalue weighted by Gasteiger charge is -2.15. The van der Waals surface area contributed by atoms with Crippen LogP contribution < -0.4 is 8.27 Å². The molecule has 1 aliphatic rings. The number of ether oxygens (including phenoxy) is 1. The van der Waals surface area contributed by atoms with Crippen molar-refractivity contribution in [3.8, 4) is 5.75 Å². The SMILES string of the molecule is Fc1cc(F)c(CNI)c(OCC2CCCC2)c1. The van der Waals surface area contributed by atoms with Crippen LogP contribution in [0.5, 0.6) is 5.75 Å². The van der Waals surface area contributed by atoms with E-state index in [1.54, 1.807) is 0 Å². The van der Waals surface area contributed by atoms with E-state index in [-0.39, 0.29) is 0 Å². The fourth-order valence-corrected chi connectivity index (χ4v) is 2.71. The lowest BCUT2D eigenvalue weighted by molar-refractivity contribution is 0.247. The van der Waals surface area contributed by atoms with Crippen molar-refractivity contribution in [2.75, 3.05) is 6.61 Å². The Morgan fingerprint density at radius 2 is 2.00 bits per heavy atom. The first-order valence-corrected chi connectivity index (χ1v) is 7.23. The van der Waals surface area contributed by atoms with Crippen LogP contribution in [0, 0.1) is 17.6 Å². The molecule has 0 spiro atoms. The molecule has 0 unspecified atom stereocenters. The summed E-state index contributed by atoms with van der Waals surface area (Å²) in [5.74, 6) is -0.299. The molecule has 100 valence electrons. The van der Waals surface area contributed by atoms with E-state index >= 15 is 0 Å². The summed E-state index contributed by atoms with van der Waals surface area (Å²) in [6.45, 7) is 0.879. The van der Waals surface area contributed by atoms with E-state index in [0.717, 1.165) is 18.9 Å². The maximum atomic E-state index is 13.6. The van der Waals surface area contributed by atoms with Gasteiger partial charge < -0.3 is 4.74 Å². The summed E-state index contributed by atoms with van der Waals surface area (Å²) in [7, 11) is 0. The van der Waals surface area contributed by atoms with Crippen molar-refractivity contribution in [2.45, 2.75) is 32.2 Å². The van der Waals surface area contributed by atoms with Gasteiger partial charge in [-0.15, -0.1) is 0 Å². The van der Waals surface area contributed by atoms with Crippen molar-refractivity contribution in [3.05, 3.63) is 29.3 Å². The largest absolute Gasteiger partial charge is 0.493 e. The molecule has 1 aromatic carbocycles. The van der Waals surface area contributed by atoms with Gasteiger partial charge in [-0.1, -0.05) is 12.8 Å². The highest BCUT2D eigenvalue weighted by molar-refractivity contribution is 14.1. The minimum absolute atomic E-state index is 0.323. The molecular weight excluding hydrogens is 351 g/mol. The van der Waals surface area contributed by atoms with E-state index in [1.807, 2.05) is 22.9 Å². The highest BCUT2D eigenvalue weighted by atomic mass is 127. The minimum atomic E-state index is -0.592. The van der Waals surface area contributed by atoms with Crippen LogP contribution in [-0.4, -0.2) is 6.61 Å². The van der Waals surface area contributed by atoms with Gasteiger partial charge >= 0.3 is 0 Å². The Kier molecular flexibility index (Phi) is 5.17. The van der Waals surface area contributed by atoms with Gasteiger partial charge in [-0.25, -0.2) is 8.78 Å². The summed E-state index contributed by atoms with van der Waals surface area (Å²) in [6.07, 6.45) is 4.76. The Balaban J connectivity index is 2.08. The van der Waals surface area contributed by atoms with Crippen LogP contribution in [0.2, 0.25) is 0 Å². The Labute approximate surface area is 120 Å². The molecule has 0 aliphatic heterocycles. The minimum Gasteiger partial charge on any atom is -0.493 e. The molecule has 18 heavy (non-hydrogen) atoms. The number of hydrogen-bond donors (Lipinski definition) is 1. The van der Waals surface area contributed by atoms with Gasteiger partial charge in [0, 0.05) is 47.1 Å². The monoisotopic (exact) mass is 367 g/mol. The Bertz CT molecular complexity index is 408. The molecule has 5 heteroatoms. The molecule has 0 heterocycles. The molecular formula is C13H16F2INO. The molecule has 0 amide bonds. The van der Waals surface area contributed by atoms with Crippen LogP contribution in [0.3, 0.4) is 0 Å². The summed E-state index contributed by atoms with van der Waals surface area (Å²) in [6, 6.07) is 2.16. The quantitative estimate of drug-likeness (QED) is 0.628. The van der Waals surface area contributed by atoms with Crippen molar-refractivity contribution in [3.63, 3.8) is 0 Å². The van der Waals surface area contributed by atoms with Gasteiger partial charge in [0.05, 0.1) is 6.61 Å². The molecule has 2 nitrogen and oxygen atoms in total. The van der Waals surface area contributed by atoms with Crippen LogP contribution in [-0.2, 0) is 6.54 Å². The smallest absolute Gasteiger partial charge is 0.134 e. The first kappa shape index (κ1) is 14.0. The van der Waals surface area contributed by atoms with Crippen molar-refractivity contribution >= 4 is 22.9 Å². The number of benzene rings is 1. The second-order valence-corrected chi connectivity index (χ2v) is 5.40. The van der Waals surface area contributed by atoms with Gasteiger partial charge in [-0.05, 0) is 18.8 Å². The number of halogens is 3. The molecule has 1 N–H and O–H groups in total. The van der Waals surface area contributed by atoms with E-state index < -0.39 is 11.6 Å². The van der Waals surface area contributed by atoms with Crippen molar-refractivity contribution in [1.29, 1.82) is 0 Å². The predicted octanol–water partition coefficient (Wildman–Crippen LogP) is 3.97. The Hall–Kier alpha value is -0.430. The fraction of sp³-hybridized carbons (Fsp3) is 0.538. The molecule has 0 bridgehead atoms. The van der Waals surface area contributed by atoms with Crippen LogP contribution in [0.4, 0.5) is 8.78 Å². The van der Waals surface area contributed by atoms with Gasteiger partial charge in [0.1, 0.15) is 17.4 Å². The first-order valence-electron chi connectivity index (χ1n) is 6.15. The summed E-state index contributed by atoms with van der Waals surface area (Å²) in [4.78, 5) is 0. The standard InChI is InChI=1S/C13H16F2INO/c14-10-5-12(15)11(7-17-16)13(6-10)18-8-9-3-1-2-4-9/h5-6,9,17H,1-4,7-8H2. The molecule has 1 aromatic rings. The summed E-state index contributed by atoms with van der Waals surface area (Å²) in [5, 5.41) is 0. The summed E-state index contributed by atoms with van der Waals surface area (Å²) >= 11 is 1.93. The first-order chi connectivity index (χ1) is 8.70. The zero-order valence-electron chi connectivity index (χ0n) is 10.0. The third kappa shape index (κ3) is 3.54. The van der Waals surface area contributed by atoms with Gasteiger partial charge in [-0.3, -0.25) is 3.53 Å². The maximum absolute atomic E-state index is 13.6. The van der Waals surface area contributed by atoms with Crippen LogP contribution in [0.25, 0.3) is 0 Å². The van der Waals surface area contributed by atoms with E-state index in [0.29, 0.717) is 30.4 Å². The third-order valence-electron chi connectivity index (χ3n) is 3.31. The van der Waals surface area contributed by atoms with Gasteiger partial charge in [-0.2, -0.15) is 0 Å². The summed E-state index contributed by atoms with van der Waals surface area (Å²) < 4.78 is 35.3. The van der Waals surface area contributed by atoms with E-state index in [9.17, 15) is 8.78 Å². The van der Waals surface area contributed by atoms with Gasteiger partial charge in [0.15, 0.2) is 0 Å². The average Bonchev–Trinajstić information content (AvgIpc) is 2.83. The van der Waals surface area contributed by atoms with Crippen LogP contribution in [0.15, 0.2) is 12.1 Å². The molecule has 0 radical (unpaired) electrons. The molecule has 1 fully saturated rings.